The highest BCUT2D eigenvalue weighted by Gasteiger charge is 2.39. The van der Waals surface area contributed by atoms with Crippen molar-refractivity contribution >= 4 is 52.3 Å². The number of aldehydes is 1. The van der Waals surface area contributed by atoms with E-state index >= 15 is 0 Å². The largest absolute Gasteiger partial charge is 0.359 e. The number of nitrogens with zero attached hydrogens (tertiary/aromatic N) is 4. The quantitative estimate of drug-likeness (QED) is 0.0827. The number of hydrogen-bond acceptors (Lipinski definition) is 8. The Hall–Kier alpha value is -6.75. The smallest absolute Gasteiger partial charge is 0.269 e. The predicted molar refractivity (Wildman–Crippen MR) is 198 cm³/mol. The minimum atomic E-state index is -2.78. The van der Waals surface area contributed by atoms with Crippen LogP contribution in [0, 0.1) is 11.8 Å². The topological polar surface area (TPSA) is 157 Å². The Bertz CT molecular complexity index is 2470. The summed E-state index contributed by atoms with van der Waals surface area (Å²) in [7, 11) is 0. The van der Waals surface area contributed by atoms with E-state index in [1.807, 2.05) is 4.90 Å². The molecular formula is C41H33F2N7O5. The first-order valence-electron chi connectivity index (χ1n) is 17.8. The summed E-state index contributed by atoms with van der Waals surface area (Å²) in [6, 6.07) is 12.6. The van der Waals surface area contributed by atoms with Gasteiger partial charge in [0.15, 0.2) is 6.29 Å². The minimum Gasteiger partial charge on any atom is -0.359 e. The molecule has 4 amide bonds. The number of carbonyl (C=O) groups excluding carboxylic acids is 5. The first-order valence-corrected chi connectivity index (χ1v) is 17.8. The Morgan fingerprint density at radius 2 is 1.93 bits per heavy atom. The maximum atomic E-state index is 14.6. The number of fused-ring (bicyclic) bond motifs is 3. The lowest BCUT2D eigenvalue weighted by Gasteiger charge is -2.32. The molecule has 5 aromatic rings. The van der Waals surface area contributed by atoms with Gasteiger partial charge in [-0.3, -0.25) is 34.3 Å². The van der Waals surface area contributed by atoms with Gasteiger partial charge in [0.1, 0.15) is 17.6 Å². The van der Waals surface area contributed by atoms with Crippen molar-refractivity contribution < 1.29 is 32.8 Å². The zero-order valence-electron chi connectivity index (χ0n) is 29.3. The predicted octanol–water partition coefficient (Wildman–Crippen LogP) is 5.39. The average molecular weight is 742 g/mol. The summed E-state index contributed by atoms with van der Waals surface area (Å²) in [6.07, 6.45) is 4.82. The third-order valence-electron chi connectivity index (χ3n) is 10.2. The molecule has 2 aromatic carbocycles. The highest BCUT2D eigenvalue weighted by molar-refractivity contribution is 6.05. The summed E-state index contributed by atoms with van der Waals surface area (Å²) in [4.78, 5) is 76.7. The summed E-state index contributed by atoms with van der Waals surface area (Å²) in [5.41, 5.74) is 5.26. The third-order valence-corrected chi connectivity index (χ3v) is 10.2. The van der Waals surface area contributed by atoms with E-state index < -0.39 is 24.3 Å². The third kappa shape index (κ3) is 6.69. The maximum Gasteiger partial charge on any atom is 0.269 e. The molecular weight excluding hydrogens is 708 g/mol. The van der Waals surface area contributed by atoms with Crippen molar-refractivity contribution in [3.8, 4) is 23.0 Å². The van der Waals surface area contributed by atoms with Crippen molar-refractivity contribution in [3.63, 3.8) is 0 Å². The summed E-state index contributed by atoms with van der Waals surface area (Å²) >= 11 is 0. The van der Waals surface area contributed by atoms with Crippen LogP contribution >= 0.6 is 0 Å². The molecule has 1 saturated heterocycles. The van der Waals surface area contributed by atoms with E-state index in [4.69, 9.17) is 0 Å². The molecule has 0 spiro atoms. The van der Waals surface area contributed by atoms with Gasteiger partial charge in [-0.1, -0.05) is 24.0 Å². The lowest BCUT2D eigenvalue weighted by atomic mass is 9.92. The number of aryl methyl sites for hydroxylation is 1. The Kier molecular flexibility index (Phi) is 9.36. The second-order valence-corrected chi connectivity index (χ2v) is 13.5. The summed E-state index contributed by atoms with van der Waals surface area (Å²) < 4.78 is 29.2. The van der Waals surface area contributed by atoms with Gasteiger partial charge >= 0.3 is 0 Å². The van der Waals surface area contributed by atoms with Crippen LogP contribution in [0.1, 0.15) is 85.6 Å². The van der Waals surface area contributed by atoms with Gasteiger partial charge in [-0.15, -0.1) is 0 Å². The number of aromatic nitrogens is 3. The van der Waals surface area contributed by atoms with E-state index in [2.05, 4.69) is 37.4 Å². The molecule has 55 heavy (non-hydrogen) atoms. The van der Waals surface area contributed by atoms with E-state index in [0.717, 1.165) is 18.3 Å². The number of pyridine rings is 2. The Balaban J connectivity index is 0.927. The first-order chi connectivity index (χ1) is 26.7. The van der Waals surface area contributed by atoms with Gasteiger partial charge in [0.05, 0.1) is 11.7 Å². The van der Waals surface area contributed by atoms with Gasteiger partial charge in [-0.2, -0.15) is 0 Å². The Labute approximate surface area is 313 Å². The molecule has 3 aliphatic heterocycles. The van der Waals surface area contributed by atoms with Crippen molar-refractivity contribution in [2.45, 2.75) is 51.1 Å². The number of piperidine rings is 1. The maximum absolute atomic E-state index is 14.6. The fourth-order valence-corrected chi connectivity index (χ4v) is 7.47. The van der Waals surface area contributed by atoms with E-state index in [9.17, 15) is 32.8 Å². The number of H-pyrrole nitrogens is 1. The molecule has 0 aliphatic carbocycles. The zero-order chi connectivity index (χ0) is 38.2. The molecule has 0 saturated carbocycles. The van der Waals surface area contributed by atoms with Gasteiger partial charge in [-0.05, 0) is 72.4 Å². The number of aromatic amines is 1. The fraction of sp³-hybridized carbons (Fsp3) is 0.244. The monoisotopic (exact) mass is 741 g/mol. The van der Waals surface area contributed by atoms with Crippen molar-refractivity contribution in [3.05, 3.63) is 106 Å². The molecule has 276 valence electrons. The molecule has 0 radical (unpaired) electrons. The van der Waals surface area contributed by atoms with Gasteiger partial charge in [0, 0.05) is 83.8 Å². The van der Waals surface area contributed by atoms with E-state index in [1.54, 1.807) is 48.8 Å². The molecule has 1 unspecified atom stereocenters. The van der Waals surface area contributed by atoms with Gasteiger partial charge in [-0.25, -0.2) is 13.8 Å². The van der Waals surface area contributed by atoms with Crippen LogP contribution in [0.25, 0.3) is 22.0 Å². The Morgan fingerprint density at radius 3 is 2.71 bits per heavy atom. The molecule has 1 atom stereocenters. The van der Waals surface area contributed by atoms with Gasteiger partial charge < -0.3 is 20.1 Å². The van der Waals surface area contributed by atoms with E-state index in [1.165, 1.54) is 23.2 Å². The van der Waals surface area contributed by atoms with Crippen LogP contribution in [0.15, 0.2) is 67.1 Å². The number of rotatable bonds is 8. The van der Waals surface area contributed by atoms with Gasteiger partial charge in [0.25, 0.3) is 18.2 Å². The molecule has 3 aromatic heterocycles. The molecule has 12 nitrogen and oxygen atoms in total. The van der Waals surface area contributed by atoms with Crippen molar-refractivity contribution in [2.75, 3.05) is 18.0 Å². The normalized spacial score (nSPS) is 16.4. The summed E-state index contributed by atoms with van der Waals surface area (Å²) in [5.74, 6) is 5.10. The van der Waals surface area contributed by atoms with Crippen LogP contribution < -0.4 is 15.5 Å². The second kappa shape index (κ2) is 14.6. The highest BCUT2D eigenvalue weighted by atomic mass is 19.3. The highest BCUT2D eigenvalue weighted by Crippen LogP contribution is 2.41. The standard InChI is InChI=1S/C41H33F2N7O5/c42-38(43)30-16-35-24(7-4-14-49(35)36-17-29-26(22-51)19-46-33(29)20-47-36)15-28(30)25-9-10-32(45-18-25)39(53)44-13-2-1-5-23-6-3-8-27-31(23)21-50(41(27)55)34-11-12-37(52)48-40(34)54/h3,6,8-10,15-20,22,34,38,46H,2,4,7,11-14,21H2,(H,44,53)(H,48,52,54). The van der Waals surface area contributed by atoms with Crippen LogP contribution in [-0.2, 0) is 22.6 Å². The van der Waals surface area contributed by atoms with E-state index in [0.29, 0.717) is 75.2 Å². The SMILES string of the molecule is O=Cc1c[nH]c2cnc(N3CCCc4cc(-c5ccc(C(=O)NCCC#Cc6cccc7c6CN(C6CCC(=O)NC6=O)C7=O)nc5)c(C(F)F)cc43)cc12. The molecule has 3 aliphatic rings. The van der Waals surface area contributed by atoms with Crippen molar-refractivity contribution in [1.82, 2.24) is 30.5 Å². The van der Waals surface area contributed by atoms with Gasteiger partial charge in [0.2, 0.25) is 11.8 Å². The van der Waals surface area contributed by atoms with Crippen LogP contribution in [0.3, 0.4) is 0 Å². The molecule has 0 bridgehead atoms. The molecule has 6 heterocycles. The zero-order valence-corrected chi connectivity index (χ0v) is 29.3. The molecule has 8 rings (SSSR count). The minimum absolute atomic E-state index is 0.119. The molecule has 14 heteroatoms. The Morgan fingerprint density at radius 1 is 1.05 bits per heavy atom. The summed E-state index contributed by atoms with van der Waals surface area (Å²) in [5, 5.41) is 5.78. The number of benzene rings is 2. The van der Waals surface area contributed by atoms with Crippen LogP contribution in [-0.4, -0.2) is 68.9 Å². The van der Waals surface area contributed by atoms with Crippen LogP contribution in [0.5, 0.6) is 0 Å². The number of alkyl halides is 2. The number of imide groups is 1. The van der Waals surface area contributed by atoms with E-state index in [-0.39, 0.29) is 49.0 Å². The number of carbonyl (C=O) groups is 5. The summed E-state index contributed by atoms with van der Waals surface area (Å²) in [6.45, 7) is 0.996. The molecule has 1 fully saturated rings. The number of nitrogens with one attached hydrogen (secondary N) is 3. The van der Waals surface area contributed by atoms with Crippen LogP contribution in [0.4, 0.5) is 20.3 Å². The first kappa shape index (κ1) is 35.3. The number of anilines is 2. The number of halogens is 2. The lowest BCUT2D eigenvalue weighted by Crippen LogP contribution is -2.52. The fourth-order valence-electron chi connectivity index (χ4n) is 7.47. The van der Waals surface area contributed by atoms with Crippen molar-refractivity contribution in [1.29, 1.82) is 0 Å². The molecule has 3 N–H and O–H groups in total. The number of amides is 4. The average Bonchev–Trinajstić information content (AvgIpc) is 3.77. The lowest BCUT2D eigenvalue weighted by molar-refractivity contribution is -0.136. The van der Waals surface area contributed by atoms with Crippen LogP contribution in [0.2, 0.25) is 0 Å². The number of hydrogen-bond donors (Lipinski definition) is 3. The van der Waals surface area contributed by atoms with Crippen molar-refractivity contribution in [2.24, 2.45) is 0 Å². The second-order valence-electron chi connectivity index (χ2n) is 13.5.